The average Bonchev–Trinajstić information content (AvgIpc) is 3.02. The Bertz CT molecular complexity index is 419. The Kier molecular flexibility index (Phi) is 4.37. The topological polar surface area (TPSA) is 15.3 Å². The maximum Gasteiger partial charge on any atom is 0.123 e. The Morgan fingerprint density at radius 1 is 1.20 bits per heavy atom. The lowest BCUT2D eigenvalue weighted by atomic mass is 10.0. The van der Waals surface area contributed by atoms with Gasteiger partial charge in [0.2, 0.25) is 0 Å². The molecule has 3 rings (SSSR count). The first-order valence-corrected chi connectivity index (χ1v) is 7.91. The molecule has 0 aromatic heterocycles. The zero-order chi connectivity index (χ0) is 13.9. The zero-order valence-electron chi connectivity index (χ0n) is 12.3. The minimum atomic E-state index is -0.157. The summed E-state index contributed by atoms with van der Waals surface area (Å²) in [7, 11) is 1.99. The number of nitrogens with zero attached hydrogens (tertiary/aromatic N) is 1. The smallest absolute Gasteiger partial charge is 0.123 e. The van der Waals surface area contributed by atoms with E-state index in [1.165, 1.54) is 37.9 Å². The van der Waals surface area contributed by atoms with Gasteiger partial charge in [-0.25, -0.2) is 4.39 Å². The summed E-state index contributed by atoms with van der Waals surface area (Å²) in [6.45, 7) is 3.74. The van der Waals surface area contributed by atoms with E-state index in [2.05, 4.69) is 10.2 Å². The number of likely N-dealkylation sites (tertiary alicyclic amines) is 1. The van der Waals surface area contributed by atoms with Crippen molar-refractivity contribution >= 4 is 0 Å². The molecule has 3 heteroatoms. The molecule has 0 spiro atoms. The number of halogens is 1. The second kappa shape index (κ2) is 6.23. The van der Waals surface area contributed by atoms with E-state index in [-0.39, 0.29) is 5.82 Å². The van der Waals surface area contributed by atoms with Crippen LogP contribution in [0.15, 0.2) is 24.3 Å². The summed E-state index contributed by atoms with van der Waals surface area (Å²) in [4.78, 5) is 2.63. The second-order valence-electron chi connectivity index (χ2n) is 6.39. The molecule has 1 aliphatic carbocycles. The van der Waals surface area contributed by atoms with Gasteiger partial charge in [0.1, 0.15) is 5.82 Å². The Labute approximate surface area is 121 Å². The van der Waals surface area contributed by atoms with Crippen LogP contribution in [-0.4, -0.2) is 31.6 Å². The molecule has 20 heavy (non-hydrogen) atoms. The fourth-order valence-electron chi connectivity index (χ4n) is 4.00. The lowest BCUT2D eigenvalue weighted by Crippen LogP contribution is -2.27. The van der Waals surface area contributed by atoms with Gasteiger partial charge < -0.3 is 10.2 Å². The van der Waals surface area contributed by atoms with Gasteiger partial charge in [0.15, 0.2) is 0 Å². The summed E-state index contributed by atoms with van der Waals surface area (Å²) in [6, 6.07) is 7.24. The van der Waals surface area contributed by atoms with Crippen molar-refractivity contribution in [3.8, 4) is 0 Å². The van der Waals surface area contributed by atoms with E-state index < -0.39 is 0 Å². The van der Waals surface area contributed by atoms with Gasteiger partial charge >= 0.3 is 0 Å². The SMILES string of the molecule is CNC(CCN1CC2CCCC2C1)c1ccc(F)cc1. The molecule has 2 nitrogen and oxygen atoms in total. The van der Waals surface area contributed by atoms with Crippen LogP contribution in [0.1, 0.15) is 37.3 Å². The van der Waals surface area contributed by atoms with Crippen LogP contribution in [0.2, 0.25) is 0 Å². The third kappa shape index (κ3) is 3.04. The maximum atomic E-state index is 13.0. The molecule has 0 bridgehead atoms. The van der Waals surface area contributed by atoms with Crippen LogP contribution in [0.25, 0.3) is 0 Å². The van der Waals surface area contributed by atoms with Crippen LogP contribution in [0, 0.1) is 17.7 Å². The average molecular weight is 276 g/mol. The molecule has 1 heterocycles. The third-order valence-electron chi connectivity index (χ3n) is 5.16. The predicted molar refractivity (Wildman–Crippen MR) is 80.1 cm³/mol. The van der Waals surface area contributed by atoms with Crippen molar-refractivity contribution in [1.29, 1.82) is 0 Å². The Hall–Kier alpha value is -0.930. The largest absolute Gasteiger partial charge is 0.313 e. The molecule has 2 fully saturated rings. The summed E-state index contributed by atoms with van der Waals surface area (Å²) in [6.07, 6.45) is 5.42. The van der Waals surface area contributed by atoms with E-state index in [0.29, 0.717) is 6.04 Å². The highest BCUT2D eigenvalue weighted by Gasteiger charge is 2.35. The Balaban J connectivity index is 1.52. The molecule has 1 N–H and O–H groups in total. The molecule has 3 atom stereocenters. The van der Waals surface area contributed by atoms with Crippen LogP contribution < -0.4 is 5.32 Å². The molecule has 0 amide bonds. The Morgan fingerprint density at radius 2 is 1.85 bits per heavy atom. The molecule has 1 saturated heterocycles. The van der Waals surface area contributed by atoms with Gasteiger partial charge in [0, 0.05) is 19.1 Å². The molecule has 3 unspecified atom stereocenters. The van der Waals surface area contributed by atoms with Crippen molar-refractivity contribution in [2.75, 3.05) is 26.7 Å². The number of fused-ring (bicyclic) bond motifs is 1. The quantitative estimate of drug-likeness (QED) is 0.888. The van der Waals surface area contributed by atoms with E-state index in [9.17, 15) is 4.39 Å². The molecule has 1 aromatic rings. The summed E-state index contributed by atoms with van der Waals surface area (Å²) in [5, 5.41) is 3.36. The first kappa shape index (κ1) is 14.0. The van der Waals surface area contributed by atoms with Crippen molar-refractivity contribution in [1.82, 2.24) is 10.2 Å². The first-order chi connectivity index (χ1) is 9.76. The predicted octanol–water partition coefficient (Wildman–Crippen LogP) is 3.21. The minimum Gasteiger partial charge on any atom is -0.313 e. The van der Waals surface area contributed by atoms with Crippen LogP contribution in [0.5, 0.6) is 0 Å². The van der Waals surface area contributed by atoms with Gasteiger partial charge in [0.05, 0.1) is 0 Å². The van der Waals surface area contributed by atoms with E-state index in [1.807, 2.05) is 19.2 Å². The fourth-order valence-corrected chi connectivity index (χ4v) is 4.00. The van der Waals surface area contributed by atoms with Gasteiger partial charge in [0.25, 0.3) is 0 Å². The number of benzene rings is 1. The van der Waals surface area contributed by atoms with Crippen molar-refractivity contribution in [3.05, 3.63) is 35.6 Å². The maximum absolute atomic E-state index is 13.0. The van der Waals surface area contributed by atoms with Gasteiger partial charge in [-0.15, -0.1) is 0 Å². The molecular weight excluding hydrogens is 251 g/mol. The van der Waals surface area contributed by atoms with Crippen LogP contribution in [-0.2, 0) is 0 Å². The van der Waals surface area contributed by atoms with Crippen molar-refractivity contribution in [3.63, 3.8) is 0 Å². The minimum absolute atomic E-state index is 0.157. The van der Waals surface area contributed by atoms with E-state index in [4.69, 9.17) is 0 Å². The molecule has 0 radical (unpaired) electrons. The monoisotopic (exact) mass is 276 g/mol. The van der Waals surface area contributed by atoms with Gasteiger partial charge in [-0.3, -0.25) is 0 Å². The Morgan fingerprint density at radius 3 is 2.45 bits per heavy atom. The molecular formula is C17H25FN2. The number of hydrogen-bond donors (Lipinski definition) is 1. The normalized spacial score (nSPS) is 27.7. The van der Waals surface area contributed by atoms with Crippen molar-refractivity contribution < 1.29 is 4.39 Å². The number of nitrogens with one attached hydrogen (secondary N) is 1. The van der Waals surface area contributed by atoms with Crippen molar-refractivity contribution in [2.24, 2.45) is 11.8 Å². The second-order valence-corrected chi connectivity index (χ2v) is 6.39. The van der Waals surface area contributed by atoms with Gasteiger partial charge in [-0.1, -0.05) is 18.6 Å². The molecule has 2 aliphatic rings. The highest BCUT2D eigenvalue weighted by Crippen LogP contribution is 2.37. The van der Waals surface area contributed by atoms with Crippen molar-refractivity contribution in [2.45, 2.75) is 31.7 Å². The lowest BCUT2D eigenvalue weighted by Gasteiger charge is -2.22. The molecule has 110 valence electrons. The van der Waals surface area contributed by atoms with E-state index in [1.54, 1.807) is 12.1 Å². The fraction of sp³-hybridized carbons (Fsp3) is 0.647. The third-order valence-corrected chi connectivity index (χ3v) is 5.16. The summed E-state index contributed by atoms with van der Waals surface area (Å²) < 4.78 is 13.0. The lowest BCUT2D eigenvalue weighted by molar-refractivity contribution is 0.291. The highest BCUT2D eigenvalue weighted by atomic mass is 19.1. The molecule has 1 aromatic carbocycles. The summed E-state index contributed by atoms with van der Waals surface area (Å²) in [5.41, 5.74) is 1.19. The summed E-state index contributed by atoms with van der Waals surface area (Å²) in [5.74, 6) is 1.78. The zero-order valence-corrected chi connectivity index (χ0v) is 12.3. The standard InChI is InChI=1S/C17H25FN2/c1-19-17(13-5-7-16(18)8-6-13)9-10-20-11-14-3-2-4-15(14)12-20/h5-8,14-15,17,19H,2-4,9-12H2,1H3. The van der Waals surface area contributed by atoms with E-state index >= 15 is 0 Å². The van der Waals surface area contributed by atoms with E-state index in [0.717, 1.165) is 24.8 Å². The van der Waals surface area contributed by atoms with Gasteiger partial charge in [-0.2, -0.15) is 0 Å². The molecule has 1 saturated carbocycles. The van der Waals surface area contributed by atoms with Crippen LogP contribution in [0.4, 0.5) is 4.39 Å². The van der Waals surface area contributed by atoms with Crippen LogP contribution >= 0.6 is 0 Å². The first-order valence-electron chi connectivity index (χ1n) is 7.91. The number of rotatable bonds is 5. The highest BCUT2D eigenvalue weighted by molar-refractivity contribution is 5.19. The van der Waals surface area contributed by atoms with Crippen LogP contribution in [0.3, 0.4) is 0 Å². The molecule has 1 aliphatic heterocycles. The number of hydrogen-bond acceptors (Lipinski definition) is 2. The summed E-state index contributed by atoms with van der Waals surface area (Å²) >= 11 is 0. The van der Waals surface area contributed by atoms with Gasteiger partial charge in [-0.05, 0) is 62.4 Å².